The molecule has 2 aromatic rings. The van der Waals surface area contributed by atoms with E-state index in [4.69, 9.17) is 9.15 Å². The van der Waals surface area contributed by atoms with Crippen LogP contribution in [0.3, 0.4) is 0 Å². The molecular formula is C15H14BrNO4. The Kier molecular flexibility index (Phi) is 5.16. The Labute approximate surface area is 130 Å². The van der Waals surface area contributed by atoms with E-state index in [1.165, 1.54) is 12.3 Å². The molecular weight excluding hydrogens is 338 g/mol. The lowest BCUT2D eigenvalue weighted by Crippen LogP contribution is -2.31. The molecule has 1 amide bonds. The highest BCUT2D eigenvalue weighted by atomic mass is 79.9. The minimum absolute atomic E-state index is 0.0710. The molecule has 2 rings (SSSR count). The number of carbonyl (C=O) groups is 2. The summed E-state index contributed by atoms with van der Waals surface area (Å²) in [5, 5.41) is 2.76. The van der Waals surface area contributed by atoms with Gasteiger partial charge in [-0.2, -0.15) is 0 Å². The standard InChI is InChI=1S/C15H14BrNO4/c1-10(11-5-2-3-6-12(11)16)17-14(18)9-21-15(19)13-7-4-8-20-13/h2-8,10H,9H2,1H3,(H,17,18)/t10-/m1/s1. The van der Waals surface area contributed by atoms with E-state index in [0.717, 1.165) is 10.0 Å². The van der Waals surface area contributed by atoms with Gasteiger partial charge in [-0.05, 0) is 30.7 Å². The first kappa shape index (κ1) is 15.3. The Balaban J connectivity index is 1.85. The SMILES string of the molecule is C[C@@H](NC(=O)COC(=O)c1ccco1)c1ccccc1Br. The van der Waals surface area contributed by atoms with E-state index in [9.17, 15) is 9.59 Å². The monoisotopic (exact) mass is 351 g/mol. The molecule has 1 aromatic heterocycles. The topological polar surface area (TPSA) is 68.5 Å². The van der Waals surface area contributed by atoms with Crippen molar-refractivity contribution >= 4 is 27.8 Å². The van der Waals surface area contributed by atoms with Gasteiger partial charge >= 0.3 is 5.97 Å². The molecule has 5 nitrogen and oxygen atoms in total. The van der Waals surface area contributed by atoms with Gasteiger partial charge in [-0.25, -0.2) is 4.79 Å². The molecule has 0 aliphatic rings. The summed E-state index contributed by atoms with van der Waals surface area (Å²) >= 11 is 3.43. The number of ether oxygens (including phenoxy) is 1. The average Bonchev–Trinajstić information content (AvgIpc) is 2.99. The molecule has 1 heterocycles. The molecule has 0 radical (unpaired) electrons. The van der Waals surface area contributed by atoms with Crippen molar-refractivity contribution in [2.24, 2.45) is 0 Å². The maximum atomic E-state index is 11.8. The van der Waals surface area contributed by atoms with Gasteiger partial charge in [-0.1, -0.05) is 34.1 Å². The van der Waals surface area contributed by atoms with Gasteiger partial charge in [0.1, 0.15) is 0 Å². The molecule has 0 spiro atoms. The number of hydrogen-bond donors (Lipinski definition) is 1. The smallest absolute Gasteiger partial charge is 0.374 e. The van der Waals surface area contributed by atoms with E-state index in [-0.39, 0.29) is 24.3 Å². The molecule has 6 heteroatoms. The molecule has 21 heavy (non-hydrogen) atoms. The number of halogens is 1. The molecule has 0 bridgehead atoms. The van der Waals surface area contributed by atoms with Crippen molar-refractivity contribution in [2.45, 2.75) is 13.0 Å². The minimum Gasteiger partial charge on any atom is -0.457 e. The van der Waals surface area contributed by atoms with Crippen molar-refractivity contribution in [3.05, 3.63) is 58.5 Å². The zero-order valence-corrected chi connectivity index (χ0v) is 12.9. The maximum absolute atomic E-state index is 11.8. The average molecular weight is 352 g/mol. The molecule has 0 unspecified atom stereocenters. The second kappa shape index (κ2) is 7.08. The van der Waals surface area contributed by atoms with Crippen LogP contribution in [0, 0.1) is 0 Å². The lowest BCUT2D eigenvalue weighted by Gasteiger charge is -2.15. The van der Waals surface area contributed by atoms with Crippen LogP contribution in [0.2, 0.25) is 0 Å². The Hall–Kier alpha value is -2.08. The van der Waals surface area contributed by atoms with Crippen LogP contribution >= 0.6 is 15.9 Å². The fourth-order valence-corrected chi connectivity index (χ4v) is 2.41. The van der Waals surface area contributed by atoms with Crippen LogP contribution in [0.4, 0.5) is 0 Å². The zero-order chi connectivity index (χ0) is 15.2. The van der Waals surface area contributed by atoms with E-state index in [1.807, 2.05) is 31.2 Å². The summed E-state index contributed by atoms with van der Waals surface area (Å²) in [6.07, 6.45) is 1.37. The van der Waals surface area contributed by atoms with Gasteiger partial charge in [-0.3, -0.25) is 4.79 Å². The summed E-state index contributed by atoms with van der Waals surface area (Å²) in [6, 6.07) is 10.4. The van der Waals surface area contributed by atoms with Crippen LogP contribution in [0.15, 0.2) is 51.6 Å². The van der Waals surface area contributed by atoms with Crippen LogP contribution in [0.1, 0.15) is 29.1 Å². The first-order chi connectivity index (χ1) is 10.1. The highest BCUT2D eigenvalue weighted by Crippen LogP contribution is 2.22. The van der Waals surface area contributed by atoms with Crippen molar-refractivity contribution in [3.8, 4) is 0 Å². The second-order valence-corrected chi connectivity index (χ2v) is 5.22. The van der Waals surface area contributed by atoms with E-state index in [1.54, 1.807) is 6.07 Å². The van der Waals surface area contributed by atoms with E-state index < -0.39 is 5.97 Å². The fourth-order valence-electron chi connectivity index (χ4n) is 1.78. The van der Waals surface area contributed by atoms with E-state index in [0.29, 0.717) is 0 Å². The van der Waals surface area contributed by atoms with Crippen molar-refractivity contribution in [2.75, 3.05) is 6.61 Å². The Morgan fingerprint density at radius 1 is 1.29 bits per heavy atom. The minimum atomic E-state index is -0.663. The Morgan fingerprint density at radius 2 is 2.05 bits per heavy atom. The number of benzene rings is 1. The molecule has 0 aliphatic carbocycles. The van der Waals surface area contributed by atoms with Crippen LogP contribution in [-0.4, -0.2) is 18.5 Å². The second-order valence-electron chi connectivity index (χ2n) is 4.36. The molecule has 0 aliphatic heterocycles. The predicted octanol–water partition coefficient (Wildman–Crippen LogP) is 3.08. The van der Waals surface area contributed by atoms with Crippen LogP contribution in [-0.2, 0) is 9.53 Å². The summed E-state index contributed by atoms with van der Waals surface area (Å²) in [5.41, 5.74) is 0.947. The normalized spacial score (nSPS) is 11.7. The van der Waals surface area contributed by atoms with E-state index >= 15 is 0 Å². The number of rotatable bonds is 5. The summed E-state index contributed by atoms with van der Waals surface area (Å²) in [7, 11) is 0. The Morgan fingerprint density at radius 3 is 2.71 bits per heavy atom. The van der Waals surface area contributed by atoms with Gasteiger partial charge in [0.25, 0.3) is 5.91 Å². The lowest BCUT2D eigenvalue weighted by atomic mass is 10.1. The van der Waals surface area contributed by atoms with Crippen LogP contribution in [0.25, 0.3) is 0 Å². The molecule has 0 fully saturated rings. The predicted molar refractivity (Wildman–Crippen MR) is 79.7 cm³/mol. The number of esters is 1. The van der Waals surface area contributed by atoms with E-state index in [2.05, 4.69) is 21.2 Å². The van der Waals surface area contributed by atoms with Gasteiger partial charge in [0.05, 0.1) is 12.3 Å². The van der Waals surface area contributed by atoms with Crippen molar-refractivity contribution in [1.82, 2.24) is 5.32 Å². The molecule has 0 saturated carbocycles. The number of carbonyl (C=O) groups excluding carboxylic acids is 2. The third-order valence-electron chi connectivity index (χ3n) is 2.81. The third kappa shape index (κ3) is 4.19. The van der Waals surface area contributed by atoms with Gasteiger partial charge in [0.2, 0.25) is 5.76 Å². The quantitative estimate of drug-likeness (QED) is 0.840. The summed E-state index contributed by atoms with van der Waals surface area (Å²) in [5.74, 6) is -0.969. The summed E-state index contributed by atoms with van der Waals surface area (Å²) in [6.45, 7) is 1.50. The van der Waals surface area contributed by atoms with Gasteiger partial charge in [0.15, 0.2) is 6.61 Å². The molecule has 1 atom stereocenters. The van der Waals surface area contributed by atoms with Gasteiger partial charge in [-0.15, -0.1) is 0 Å². The number of amides is 1. The maximum Gasteiger partial charge on any atom is 0.374 e. The number of nitrogens with one attached hydrogen (secondary N) is 1. The highest BCUT2D eigenvalue weighted by Gasteiger charge is 2.15. The molecule has 110 valence electrons. The summed E-state index contributed by atoms with van der Waals surface area (Å²) < 4.78 is 10.6. The van der Waals surface area contributed by atoms with Gasteiger partial charge < -0.3 is 14.5 Å². The first-order valence-corrected chi connectivity index (χ1v) is 7.11. The van der Waals surface area contributed by atoms with Crippen molar-refractivity contribution < 1.29 is 18.7 Å². The molecule has 1 aromatic carbocycles. The van der Waals surface area contributed by atoms with Crippen LogP contribution < -0.4 is 5.32 Å². The molecule has 0 saturated heterocycles. The third-order valence-corrected chi connectivity index (χ3v) is 3.53. The fraction of sp³-hybridized carbons (Fsp3) is 0.200. The zero-order valence-electron chi connectivity index (χ0n) is 11.3. The van der Waals surface area contributed by atoms with Gasteiger partial charge in [0, 0.05) is 4.47 Å². The van der Waals surface area contributed by atoms with Crippen molar-refractivity contribution in [3.63, 3.8) is 0 Å². The highest BCUT2D eigenvalue weighted by molar-refractivity contribution is 9.10. The molecule has 1 N–H and O–H groups in total. The first-order valence-electron chi connectivity index (χ1n) is 6.32. The lowest BCUT2D eigenvalue weighted by molar-refractivity contribution is -0.124. The number of hydrogen-bond acceptors (Lipinski definition) is 4. The largest absolute Gasteiger partial charge is 0.457 e. The van der Waals surface area contributed by atoms with Crippen molar-refractivity contribution in [1.29, 1.82) is 0 Å². The number of furan rings is 1. The summed E-state index contributed by atoms with van der Waals surface area (Å²) in [4.78, 5) is 23.3. The van der Waals surface area contributed by atoms with Crippen LogP contribution in [0.5, 0.6) is 0 Å². The Bertz CT molecular complexity index is 624.